The molecule has 3 N–H and O–H groups in total. The van der Waals surface area contributed by atoms with Gasteiger partial charge in [-0.1, -0.05) is 12.2 Å². The SMILES string of the molecule is Nc1ccncc1/C=C/CC(=O)O. The average molecular weight is 178 g/mol. The van der Waals surface area contributed by atoms with Crippen molar-refractivity contribution in [1.82, 2.24) is 4.98 Å². The molecule has 0 aliphatic rings. The molecule has 4 nitrogen and oxygen atoms in total. The molecule has 4 heteroatoms. The van der Waals surface area contributed by atoms with E-state index in [0.717, 1.165) is 5.56 Å². The summed E-state index contributed by atoms with van der Waals surface area (Å²) in [5, 5.41) is 8.36. The zero-order valence-corrected chi connectivity index (χ0v) is 6.97. The molecular weight excluding hydrogens is 168 g/mol. The number of hydrogen-bond donors (Lipinski definition) is 2. The molecule has 68 valence electrons. The van der Waals surface area contributed by atoms with Gasteiger partial charge in [0.25, 0.3) is 0 Å². The lowest BCUT2D eigenvalue weighted by Crippen LogP contribution is -1.91. The van der Waals surface area contributed by atoms with Gasteiger partial charge < -0.3 is 10.8 Å². The first-order valence-corrected chi connectivity index (χ1v) is 3.78. The highest BCUT2D eigenvalue weighted by atomic mass is 16.4. The highest BCUT2D eigenvalue weighted by molar-refractivity contribution is 5.71. The molecule has 1 rings (SSSR count). The largest absolute Gasteiger partial charge is 0.481 e. The van der Waals surface area contributed by atoms with Crippen LogP contribution in [0.3, 0.4) is 0 Å². The van der Waals surface area contributed by atoms with Gasteiger partial charge in [-0.05, 0) is 6.07 Å². The molecule has 0 saturated carbocycles. The fourth-order valence-corrected chi connectivity index (χ4v) is 0.843. The minimum Gasteiger partial charge on any atom is -0.481 e. The predicted molar refractivity (Wildman–Crippen MR) is 49.9 cm³/mol. The van der Waals surface area contributed by atoms with E-state index in [2.05, 4.69) is 4.98 Å². The molecule has 1 aromatic rings. The minimum atomic E-state index is -0.862. The van der Waals surface area contributed by atoms with Crippen LogP contribution in [0.4, 0.5) is 5.69 Å². The monoisotopic (exact) mass is 178 g/mol. The van der Waals surface area contributed by atoms with E-state index in [1.54, 1.807) is 24.5 Å². The number of aliphatic carboxylic acids is 1. The van der Waals surface area contributed by atoms with Crippen molar-refractivity contribution in [3.05, 3.63) is 30.1 Å². The van der Waals surface area contributed by atoms with Crippen molar-refractivity contribution in [2.24, 2.45) is 0 Å². The lowest BCUT2D eigenvalue weighted by molar-refractivity contribution is -0.135. The Morgan fingerprint density at radius 2 is 2.46 bits per heavy atom. The maximum Gasteiger partial charge on any atom is 0.307 e. The highest BCUT2D eigenvalue weighted by Gasteiger charge is 1.93. The smallest absolute Gasteiger partial charge is 0.307 e. The summed E-state index contributed by atoms with van der Waals surface area (Å²) >= 11 is 0. The van der Waals surface area contributed by atoms with Crippen molar-refractivity contribution < 1.29 is 9.90 Å². The van der Waals surface area contributed by atoms with Gasteiger partial charge in [0, 0.05) is 23.6 Å². The third-order valence-electron chi connectivity index (χ3n) is 1.48. The quantitative estimate of drug-likeness (QED) is 0.727. The molecule has 0 aliphatic heterocycles. The third-order valence-corrected chi connectivity index (χ3v) is 1.48. The zero-order valence-electron chi connectivity index (χ0n) is 6.97. The number of rotatable bonds is 3. The Bertz CT molecular complexity index is 334. The predicted octanol–water partition coefficient (Wildman–Crippen LogP) is 1.15. The molecule has 0 spiro atoms. The van der Waals surface area contributed by atoms with E-state index < -0.39 is 5.97 Å². The molecule has 0 saturated heterocycles. The van der Waals surface area contributed by atoms with Crippen LogP contribution in [0, 0.1) is 0 Å². The topological polar surface area (TPSA) is 76.2 Å². The second-order valence-electron chi connectivity index (χ2n) is 2.50. The maximum absolute atomic E-state index is 10.2. The molecule has 1 heterocycles. The normalized spacial score (nSPS) is 10.5. The van der Waals surface area contributed by atoms with Crippen molar-refractivity contribution >= 4 is 17.7 Å². The lowest BCUT2D eigenvalue weighted by atomic mass is 10.2. The third kappa shape index (κ3) is 2.94. The first kappa shape index (κ1) is 9.25. The van der Waals surface area contributed by atoms with E-state index in [9.17, 15) is 4.79 Å². The van der Waals surface area contributed by atoms with Crippen LogP contribution in [-0.2, 0) is 4.79 Å². The Hall–Kier alpha value is -1.84. The Morgan fingerprint density at radius 3 is 3.08 bits per heavy atom. The minimum absolute atomic E-state index is 0.00562. The van der Waals surface area contributed by atoms with Crippen LogP contribution in [0.1, 0.15) is 12.0 Å². The van der Waals surface area contributed by atoms with Crippen molar-refractivity contribution in [2.45, 2.75) is 6.42 Å². The summed E-state index contributed by atoms with van der Waals surface area (Å²) in [5.41, 5.74) is 6.93. The number of pyridine rings is 1. The second kappa shape index (κ2) is 4.25. The summed E-state index contributed by atoms with van der Waals surface area (Å²) in [6.45, 7) is 0. The van der Waals surface area contributed by atoms with E-state index >= 15 is 0 Å². The van der Waals surface area contributed by atoms with Crippen molar-refractivity contribution in [2.75, 3.05) is 5.73 Å². The number of nitrogens with zero attached hydrogens (tertiary/aromatic N) is 1. The number of anilines is 1. The molecule has 0 aromatic carbocycles. The number of carboxylic acid groups (broad SMARTS) is 1. The van der Waals surface area contributed by atoms with Crippen LogP contribution in [-0.4, -0.2) is 16.1 Å². The van der Waals surface area contributed by atoms with Crippen molar-refractivity contribution in [3.8, 4) is 0 Å². The fraction of sp³-hybridized carbons (Fsp3) is 0.111. The van der Waals surface area contributed by atoms with E-state index in [4.69, 9.17) is 10.8 Å². The summed E-state index contributed by atoms with van der Waals surface area (Å²) in [4.78, 5) is 14.0. The van der Waals surface area contributed by atoms with Gasteiger partial charge in [0.1, 0.15) is 0 Å². The first-order valence-electron chi connectivity index (χ1n) is 3.78. The van der Waals surface area contributed by atoms with Crippen LogP contribution in [0.15, 0.2) is 24.5 Å². The maximum atomic E-state index is 10.2. The molecule has 1 aromatic heterocycles. The number of nitrogen functional groups attached to an aromatic ring is 1. The Kier molecular flexibility index (Phi) is 3.03. The van der Waals surface area contributed by atoms with Crippen LogP contribution in [0.25, 0.3) is 6.08 Å². The van der Waals surface area contributed by atoms with Crippen LogP contribution < -0.4 is 5.73 Å². The Labute approximate surface area is 75.7 Å². The standard InChI is InChI=1S/C9H10N2O2/c10-8-4-5-11-6-7(8)2-1-3-9(12)13/h1-2,4-6H,3H2,(H2,10,11)(H,12,13)/b2-1+. The van der Waals surface area contributed by atoms with Gasteiger partial charge in [-0.25, -0.2) is 0 Å². The number of carboxylic acids is 1. The molecule has 0 aliphatic carbocycles. The first-order chi connectivity index (χ1) is 6.20. The summed E-state index contributed by atoms with van der Waals surface area (Å²) < 4.78 is 0. The molecular formula is C9H10N2O2. The number of carbonyl (C=O) groups is 1. The molecule has 0 radical (unpaired) electrons. The summed E-state index contributed by atoms with van der Waals surface area (Å²) in [6.07, 6.45) is 6.36. The van der Waals surface area contributed by atoms with Gasteiger partial charge in [0.15, 0.2) is 0 Å². The van der Waals surface area contributed by atoms with Gasteiger partial charge >= 0.3 is 5.97 Å². The van der Waals surface area contributed by atoms with E-state index in [0.29, 0.717) is 5.69 Å². The second-order valence-corrected chi connectivity index (χ2v) is 2.50. The van der Waals surface area contributed by atoms with E-state index in [1.807, 2.05) is 0 Å². The zero-order chi connectivity index (χ0) is 9.68. The van der Waals surface area contributed by atoms with Crippen molar-refractivity contribution in [1.29, 1.82) is 0 Å². The molecule has 13 heavy (non-hydrogen) atoms. The van der Waals surface area contributed by atoms with Gasteiger partial charge in [-0.15, -0.1) is 0 Å². The highest BCUT2D eigenvalue weighted by Crippen LogP contribution is 2.10. The van der Waals surface area contributed by atoms with Crippen LogP contribution in [0.2, 0.25) is 0 Å². The molecule has 0 atom stereocenters. The summed E-state index contributed by atoms with van der Waals surface area (Å²) in [7, 11) is 0. The number of nitrogens with two attached hydrogens (primary N) is 1. The Balaban J connectivity index is 2.68. The summed E-state index contributed by atoms with van der Waals surface area (Å²) in [5.74, 6) is -0.862. The van der Waals surface area contributed by atoms with Gasteiger partial charge in [0.2, 0.25) is 0 Å². The molecule has 0 bridgehead atoms. The number of aromatic nitrogens is 1. The summed E-state index contributed by atoms with van der Waals surface area (Å²) in [6, 6.07) is 1.67. The van der Waals surface area contributed by atoms with Gasteiger partial charge in [-0.3, -0.25) is 9.78 Å². The molecule has 0 fully saturated rings. The van der Waals surface area contributed by atoms with Crippen LogP contribution >= 0.6 is 0 Å². The lowest BCUT2D eigenvalue weighted by Gasteiger charge is -1.96. The fourth-order valence-electron chi connectivity index (χ4n) is 0.843. The van der Waals surface area contributed by atoms with Crippen LogP contribution in [0.5, 0.6) is 0 Å². The van der Waals surface area contributed by atoms with Crippen molar-refractivity contribution in [3.63, 3.8) is 0 Å². The Morgan fingerprint density at radius 1 is 1.69 bits per heavy atom. The van der Waals surface area contributed by atoms with E-state index in [-0.39, 0.29) is 6.42 Å². The average Bonchev–Trinajstić information content (AvgIpc) is 2.08. The van der Waals surface area contributed by atoms with Gasteiger partial charge in [0.05, 0.1) is 6.42 Å². The molecule has 0 unspecified atom stereocenters. The van der Waals surface area contributed by atoms with Gasteiger partial charge in [-0.2, -0.15) is 0 Å². The van der Waals surface area contributed by atoms with E-state index in [1.165, 1.54) is 6.08 Å². The molecule has 0 amide bonds. The number of hydrogen-bond acceptors (Lipinski definition) is 3.